The van der Waals surface area contributed by atoms with Gasteiger partial charge in [0.15, 0.2) is 6.61 Å². The van der Waals surface area contributed by atoms with Gasteiger partial charge in [-0.05, 0) is 19.4 Å². The van der Waals surface area contributed by atoms with Crippen LogP contribution < -0.4 is 10.1 Å². The summed E-state index contributed by atoms with van der Waals surface area (Å²) in [6.45, 7) is 3.77. The number of rotatable bonds is 7. The van der Waals surface area contributed by atoms with E-state index in [4.69, 9.17) is 4.74 Å². The standard InChI is InChI=1S/C13H18N2O5/c1-3-6-14-13(17)8-20-12-5-4-10(15(18)19)7-11(12)9(2)16/h4-5,7,9,16H,3,6,8H2,1-2H3,(H,14,17). The number of benzene rings is 1. The summed E-state index contributed by atoms with van der Waals surface area (Å²) >= 11 is 0. The molecule has 7 nitrogen and oxygen atoms in total. The third-order valence-electron chi connectivity index (χ3n) is 2.59. The predicted octanol–water partition coefficient (Wildman–Crippen LogP) is 1.55. The first kappa shape index (κ1) is 15.9. The molecule has 0 aliphatic rings. The summed E-state index contributed by atoms with van der Waals surface area (Å²) in [5, 5.41) is 23.0. The van der Waals surface area contributed by atoms with E-state index in [2.05, 4.69) is 5.32 Å². The third kappa shape index (κ3) is 4.51. The van der Waals surface area contributed by atoms with Crippen LogP contribution in [0, 0.1) is 10.1 Å². The number of aliphatic hydroxyl groups is 1. The Morgan fingerprint density at radius 3 is 2.80 bits per heavy atom. The second-order valence-corrected chi connectivity index (χ2v) is 4.29. The van der Waals surface area contributed by atoms with E-state index in [1.807, 2.05) is 6.92 Å². The molecule has 7 heteroatoms. The van der Waals surface area contributed by atoms with Crippen LogP contribution in [-0.2, 0) is 4.79 Å². The predicted molar refractivity (Wildman–Crippen MR) is 72.5 cm³/mol. The maximum Gasteiger partial charge on any atom is 0.270 e. The van der Waals surface area contributed by atoms with Crippen molar-refractivity contribution in [3.63, 3.8) is 0 Å². The zero-order chi connectivity index (χ0) is 15.1. The molecule has 0 aliphatic heterocycles. The number of nitrogens with zero attached hydrogens (tertiary/aromatic N) is 1. The van der Waals surface area contributed by atoms with E-state index < -0.39 is 11.0 Å². The van der Waals surface area contributed by atoms with Crippen LogP contribution in [0.3, 0.4) is 0 Å². The lowest BCUT2D eigenvalue weighted by atomic mass is 10.1. The number of ether oxygens (including phenoxy) is 1. The summed E-state index contributed by atoms with van der Waals surface area (Å²) in [7, 11) is 0. The van der Waals surface area contributed by atoms with Crippen molar-refractivity contribution in [3.8, 4) is 5.75 Å². The van der Waals surface area contributed by atoms with Gasteiger partial charge in [0.25, 0.3) is 11.6 Å². The molecule has 0 spiro atoms. The summed E-state index contributed by atoms with van der Waals surface area (Å²) < 4.78 is 5.30. The molecule has 0 aliphatic carbocycles. The van der Waals surface area contributed by atoms with Gasteiger partial charge in [0, 0.05) is 24.2 Å². The van der Waals surface area contributed by atoms with Gasteiger partial charge >= 0.3 is 0 Å². The minimum atomic E-state index is -0.927. The molecular formula is C13H18N2O5. The van der Waals surface area contributed by atoms with Crippen LogP contribution in [0.4, 0.5) is 5.69 Å². The van der Waals surface area contributed by atoms with Crippen LogP contribution in [0.2, 0.25) is 0 Å². The Morgan fingerprint density at radius 2 is 2.25 bits per heavy atom. The monoisotopic (exact) mass is 282 g/mol. The van der Waals surface area contributed by atoms with Crippen molar-refractivity contribution in [3.05, 3.63) is 33.9 Å². The fourth-order valence-electron chi connectivity index (χ4n) is 1.57. The summed E-state index contributed by atoms with van der Waals surface area (Å²) in [6.07, 6.45) is -0.106. The van der Waals surface area contributed by atoms with Crippen molar-refractivity contribution in [2.24, 2.45) is 0 Å². The van der Waals surface area contributed by atoms with Crippen LogP contribution in [0.5, 0.6) is 5.75 Å². The Balaban J connectivity index is 2.79. The molecule has 110 valence electrons. The number of hydrogen-bond acceptors (Lipinski definition) is 5. The first-order valence-corrected chi connectivity index (χ1v) is 6.31. The highest BCUT2D eigenvalue weighted by Gasteiger charge is 2.16. The molecule has 2 N–H and O–H groups in total. The minimum Gasteiger partial charge on any atom is -0.483 e. The Bertz CT molecular complexity index is 488. The van der Waals surface area contributed by atoms with Crippen LogP contribution in [-0.4, -0.2) is 29.1 Å². The fraction of sp³-hybridized carbons (Fsp3) is 0.462. The van der Waals surface area contributed by atoms with Crippen LogP contribution >= 0.6 is 0 Å². The number of nitrogens with one attached hydrogen (secondary N) is 1. The maximum atomic E-state index is 11.4. The fourth-order valence-corrected chi connectivity index (χ4v) is 1.57. The maximum absolute atomic E-state index is 11.4. The van der Waals surface area contributed by atoms with Gasteiger partial charge in [0.05, 0.1) is 11.0 Å². The van der Waals surface area contributed by atoms with Crippen LogP contribution in [0.1, 0.15) is 31.9 Å². The largest absolute Gasteiger partial charge is 0.483 e. The SMILES string of the molecule is CCCNC(=O)COc1ccc([N+](=O)[O-])cc1C(C)O. The average molecular weight is 282 g/mol. The van der Waals surface area contributed by atoms with Crippen LogP contribution in [0.15, 0.2) is 18.2 Å². The zero-order valence-corrected chi connectivity index (χ0v) is 11.5. The van der Waals surface area contributed by atoms with Crippen molar-refractivity contribution in [1.82, 2.24) is 5.32 Å². The summed E-state index contributed by atoms with van der Waals surface area (Å²) in [5.74, 6) is -0.0148. The molecule has 0 fully saturated rings. The Hall–Kier alpha value is -2.15. The normalized spacial score (nSPS) is 11.8. The first-order valence-electron chi connectivity index (χ1n) is 6.31. The molecule has 0 heterocycles. The van der Waals surface area contributed by atoms with Gasteiger partial charge in [-0.15, -0.1) is 0 Å². The van der Waals surface area contributed by atoms with Gasteiger partial charge in [-0.25, -0.2) is 0 Å². The third-order valence-corrected chi connectivity index (χ3v) is 2.59. The van der Waals surface area contributed by atoms with Crippen molar-refractivity contribution in [1.29, 1.82) is 0 Å². The molecule has 0 bridgehead atoms. The quantitative estimate of drug-likeness (QED) is 0.583. The summed E-state index contributed by atoms with van der Waals surface area (Å²) in [6, 6.07) is 3.89. The van der Waals surface area contributed by atoms with E-state index in [-0.39, 0.29) is 29.5 Å². The van der Waals surface area contributed by atoms with Gasteiger partial charge in [0.1, 0.15) is 5.75 Å². The number of nitro benzene ring substituents is 1. The highest BCUT2D eigenvalue weighted by molar-refractivity contribution is 5.77. The molecule has 1 unspecified atom stereocenters. The van der Waals surface area contributed by atoms with Gasteiger partial charge < -0.3 is 15.2 Å². The Labute approximate surface area is 116 Å². The second kappa shape index (κ2) is 7.44. The summed E-state index contributed by atoms with van der Waals surface area (Å²) in [5.41, 5.74) is 0.145. The molecule has 1 rings (SSSR count). The van der Waals surface area contributed by atoms with Gasteiger partial charge in [-0.1, -0.05) is 6.92 Å². The van der Waals surface area contributed by atoms with Crippen LogP contribution in [0.25, 0.3) is 0 Å². The van der Waals surface area contributed by atoms with E-state index >= 15 is 0 Å². The minimum absolute atomic E-state index is 0.135. The molecular weight excluding hydrogens is 264 g/mol. The molecule has 0 saturated heterocycles. The van der Waals surface area contributed by atoms with E-state index in [0.29, 0.717) is 6.54 Å². The highest BCUT2D eigenvalue weighted by Crippen LogP contribution is 2.29. The number of aliphatic hydroxyl groups excluding tert-OH is 1. The summed E-state index contributed by atoms with van der Waals surface area (Å²) in [4.78, 5) is 21.6. The number of carbonyl (C=O) groups is 1. The molecule has 20 heavy (non-hydrogen) atoms. The van der Waals surface area contributed by atoms with Crippen molar-refractivity contribution in [2.75, 3.05) is 13.2 Å². The number of hydrogen-bond donors (Lipinski definition) is 2. The number of non-ortho nitro benzene ring substituents is 1. The van der Waals surface area contributed by atoms with Gasteiger partial charge in [-0.3, -0.25) is 14.9 Å². The molecule has 1 atom stereocenters. The van der Waals surface area contributed by atoms with E-state index in [1.165, 1.54) is 25.1 Å². The van der Waals surface area contributed by atoms with E-state index in [1.54, 1.807) is 0 Å². The smallest absolute Gasteiger partial charge is 0.270 e. The average Bonchev–Trinajstić information content (AvgIpc) is 2.42. The van der Waals surface area contributed by atoms with Gasteiger partial charge in [-0.2, -0.15) is 0 Å². The Morgan fingerprint density at radius 1 is 1.55 bits per heavy atom. The lowest BCUT2D eigenvalue weighted by Gasteiger charge is -2.13. The van der Waals surface area contributed by atoms with E-state index in [9.17, 15) is 20.0 Å². The lowest BCUT2D eigenvalue weighted by Crippen LogP contribution is -2.29. The molecule has 1 amide bonds. The van der Waals surface area contributed by atoms with Gasteiger partial charge in [0.2, 0.25) is 0 Å². The highest BCUT2D eigenvalue weighted by atomic mass is 16.6. The molecule has 0 aromatic heterocycles. The number of amides is 1. The topological polar surface area (TPSA) is 102 Å². The number of nitro groups is 1. The van der Waals surface area contributed by atoms with Crippen molar-refractivity contribution in [2.45, 2.75) is 26.4 Å². The number of carbonyl (C=O) groups excluding carboxylic acids is 1. The van der Waals surface area contributed by atoms with Crippen molar-refractivity contribution >= 4 is 11.6 Å². The Kier molecular flexibility index (Phi) is 5.92. The molecule has 1 aromatic carbocycles. The molecule has 1 aromatic rings. The second-order valence-electron chi connectivity index (χ2n) is 4.29. The molecule has 0 radical (unpaired) electrons. The zero-order valence-electron chi connectivity index (χ0n) is 11.5. The molecule has 0 saturated carbocycles. The van der Waals surface area contributed by atoms with Crippen molar-refractivity contribution < 1.29 is 19.6 Å². The lowest BCUT2D eigenvalue weighted by molar-refractivity contribution is -0.385. The first-order chi connectivity index (χ1) is 9.45. The van der Waals surface area contributed by atoms with E-state index in [0.717, 1.165) is 6.42 Å².